The zero-order valence-corrected chi connectivity index (χ0v) is 8.50. The molecule has 0 bridgehead atoms. The SMILES string of the molecule is CC1CC(O[C@@H](C)C(C)(C)O)C1. The summed E-state index contributed by atoms with van der Waals surface area (Å²) in [7, 11) is 0. The first-order valence-electron chi connectivity index (χ1n) is 4.77. The summed E-state index contributed by atoms with van der Waals surface area (Å²) in [4.78, 5) is 0. The number of hydrogen-bond acceptors (Lipinski definition) is 2. The monoisotopic (exact) mass is 172 g/mol. The van der Waals surface area contributed by atoms with Gasteiger partial charge in [-0.1, -0.05) is 6.92 Å². The van der Waals surface area contributed by atoms with E-state index < -0.39 is 5.60 Å². The van der Waals surface area contributed by atoms with Crippen LogP contribution in [0.2, 0.25) is 0 Å². The van der Waals surface area contributed by atoms with Gasteiger partial charge in [-0.15, -0.1) is 0 Å². The van der Waals surface area contributed by atoms with E-state index in [1.54, 1.807) is 13.8 Å². The van der Waals surface area contributed by atoms with Crippen LogP contribution >= 0.6 is 0 Å². The second-order valence-electron chi connectivity index (χ2n) is 4.63. The van der Waals surface area contributed by atoms with Crippen molar-refractivity contribution in [1.82, 2.24) is 0 Å². The smallest absolute Gasteiger partial charge is 0.0849 e. The number of hydrogen-bond donors (Lipinski definition) is 1. The molecule has 1 aliphatic rings. The fraction of sp³-hybridized carbons (Fsp3) is 1.00. The van der Waals surface area contributed by atoms with E-state index in [-0.39, 0.29) is 6.10 Å². The molecule has 0 saturated heterocycles. The molecule has 72 valence electrons. The van der Waals surface area contributed by atoms with Gasteiger partial charge in [-0.3, -0.25) is 0 Å². The van der Waals surface area contributed by atoms with Crippen LogP contribution in [0.25, 0.3) is 0 Å². The maximum atomic E-state index is 9.60. The first kappa shape index (κ1) is 10.0. The first-order valence-corrected chi connectivity index (χ1v) is 4.77. The molecule has 1 N–H and O–H groups in total. The third-order valence-electron chi connectivity index (χ3n) is 2.72. The Morgan fingerprint density at radius 2 is 1.92 bits per heavy atom. The molecular weight excluding hydrogens is 152 g/mol. The minimum atomic E-state index is -0.709. The van der Waals surface area contributed by atoms with Gasteiger partial charge in [0.25, 0.3) is 0 Å². The Bertz CT molecular complexity index is 142. The highest BCUT2D eigenvalue weighted by atomic mass is 16.5. The summed E-state index contributed by atoms with van der Waals surface area (Å²) < 4.78 is 5.67. The Kier molecular flexibility index (Phi) is 2.79. The van der Waals surface area contributed by atoms with Crippen LogP contribution in [0, 0.1) is 5.92 Å². The van der Waals surface area contributed by atoms with Gasteiger partial charge < -0.3 is 9.84 Å². The van der Waals surface area contributed by atoms with Crippen molar-refractivity contribution in [3.05, 3.63) is 0 Å². The molecule has 1 atom stereocenters. The van der Waals surface area contributed by atoms with Gasteiger partial charge >= 0.3 is 0 Å². The van der Waals surface area contributed by atoms with E-state index in [1.807, 2.05) is 6.92 Å². The van der Waals surface area contributed by atoms with Gasteiger partial charge in [-0.25, -0.2) is 0 Å². The molecule has 0 aliphatic heterocycles. The molecule has 0 radical (unpaired) electrons. The van der Waals surface area contributed by atoms with Gasteiger partial charge in [0, 0.05) is 0 Å². The van der Waals surface area contributed by atoms with Crippen LogP contribution < -0.4 is 0 Å². The summed E-state index contributed by atoms with van der Waals surface area (Å²) in [6, 6.07) is 0. The Hall–Kier alpha value is -0.0800. The third-order valence-corrected chi connectivity index (χ3v) is 2.72. The first-order chi connectivity index (χ1) is 5.39. The standard InChI is InChI=1S/C10H20O2/c1-7-5-9(6-7)12-8(2)10(3,4)11/h7-9,11H,5-6H2,1-4H3/t7?,8-,9?/m0/s1. The predicted molar refractivity (Wildman–Crippen MR) is 49.0 cm³/mol. The highest BCUT2D eigenvalue weighted by Crippen LogP contribution is 2.31. The second-order valence-corrected chi connectivity index (χ2v) is 4.63. The summed E-state index contributed by atoms with van der Waals surface area (Å²) in [5.74, 6) is 0.809. The van der Waals surface area contributed by atoms with E-state index >= 15 is 0 Å². The number of aliphatic hydroxyl groups is 1. The largest absolute Gasteiger partial charge is 0.388 e. The fourth-order valence-electron chi connectivity index (χ4n) is 1.39. The van der Waals surface area contributed by atoms with E-state index in [1.165, 1.54) is 0 Å². The Morgan fingerprint density at radius 3 is 2.25 bits per heavy atom. The Morgan fingerprint density at radius 1 is 1.42 bits per heavy atom. The Balaban J connectivity index is 2.23. The van der Waals surface area contributed by atoms with Crippen LogP contribution in [0.4, 0.5) is 0 Å². The summed E-state index contributed by atoms with van der Waals surface area (Å²) in [6.45, 7) is 7.75. The summed E-state index contributed by atoms with van der Waals surface area (Å²) in [5.41, 5.74) is -0.709. The average molecular weight is 172 g/mol. The maximum Gasteiger partial charge on any atom is 0.0849 e. The van der Waals surface area contributed by atoms with Crippen LogP contribution in [0.15, 0.2) is 0 Å². The van der Waals surface area contributed by atoms with Crippen molar-refractivity contribution in [2.24, 2.45) is 5.92 Å². The van der Waals surface area contributed by atoms with E-state index in [0.717, 1.165) is 18.8 Å². The molecule has 0 aromatic heterocycles. The molecule has 0 unspecified atom stereocenters. The molecule has 0 aromatic carbocycles. The molecule has 1 saturated carbocycles. The molecule has 12 heavy (non-hydrogen) atoms. The number of rotatable bonds is 3. The molecule has 0 heterocycles. The van der Waals surface area contributed by atoms with Gasteiger partial charge in [0.05, 0.1) is 17.8 Å². The minimum Gasteiger partial charge on any atom is -0.388 e. The van der Waals surface area contributed by atoms with Crippen LogP contribution in [-0.2, 0) is 4.74 Å². The van der Waals surface area contributed by atoms with Gasteiger partial charge in [-0.05, 0) is 39.5 Å². The lowest BCUT2D eigenvalue weighted by Crippen LogP contribution is -2.41. The van der Waals surface area contributed by atoms with E-state index in [9.17, 15) is 5.11 Å². The lowest BCUT2D eigenvalue weighted by molar-refractivity contribution is -0.138. The Labute approximate surface area is 74.9 Å². The summed E-state index contributed by atoms with van der Waals surface area (Å²) in [6.07, 6.45) is 2.64. The summed E-state index contributed by atoms with van der Waals surface area (Å²) >= 11 is 0. The van der Waals surface area contributed by atoms with Crippen molar-refractivity contribution < 1.29 is 9.84 Å². The van der Waals surface area contributed by atoms with Gasteiger partial charge in [0.2, 0.25) is 0 Å². The van der Waals surface area contributed by atoms with Crippen molar-refractivity contribution in [2.75, 3.05) is 0 Å². The van der Waals surface area contributed by atoms with Gasteiger partial charge in [0.1, 0.15) is 0 Å². The van der Waals surface area contributed by atoms with Crippen LogP contribution in [-0.4, -0.2) is 22.9 Å². The molecule has 0 spiro atoms. The van der Waals surface area contributed by atoms with E-state index in [2.05, 4.69) is 6.92 Å². The molecular formula is C10H20O2. The minimum absolute atomic E-state index is 0.0602. The molecule has 1 fully saturated rings. The van der Waals surface area contributed by atoms with E-state index in [0.29, 0.717) is 6.10 Å². The molecule has 2 nitrogen and oxygen atoms in total. The van der Waals surface area contributed by atoms with Crippen LogP contribution in [0.3, 0.4) is 0 Å². The molecule has 2 heteroatoms. The van der Waals surface area contributed by atoms with Gasteiger partial charge in [0.15, 0.2) is 0 Å². The quantitative estimate of drug-likeness (QED) is 0.705. The van der Waals surface area contributed by atoms with Gasteiger partial charge in [-0.2, -0.15) is 0 Å². The van der Waals surface area contributed by atoms with Crippen molar-refractivity contribution >= 4 is 0 Å². The number of ether oxygens (including phenoxy) is 1. The predicted octanol–water partition coefficient (Wildman–Crippen LogP) is 1.96. The summed E-state index contributed by atoms with van der Waals surface area (Å²) in [5, 5.41) is 9.60. The molecule has 1 aliphatic carbocycles. The molecule has 0 aromatic rings. The van der Waals surface area contributed by atoms with Crippen LogP contribution in [0.5, 0.6) is 0 Å². The highest BCUT2D eigenvalue weighted by Gasteiger charge is 2.31. The normalized spacial score (nSPS) is 32.8. The van der Waals surface area contributed by atoms with Crippen molar-refractivity contribution in [3.63, 3.8) is 0 Å². The second kappa shape index (κ2) is 3.35. The zero-order chi connectivity index (χ0) is 9.35. The fourth-order valence-corrected chi connectivity index (χ4v) is 1.39. The lowest BCUT2D eigenvalue weighted by Gasteiger charge is -2.37. The molecule has 0 amide bonds. The zero-order valence-electron chi connectivity index (χ0n) is 8.50. The van der Waals surface area contributed by atoms with E-state index in [4.69, 9.17) is 4.74 Å². The average Bonchev–Trinajstić information content (AvgIpc) is 1.82. The van der Waals surface area contributed by atoms with Crippen LogP contribution in [0.1, 0.15) is 40.5 Å². The van der Waals surface area contributed by atoms with Crippen molar-refractivity contribution in [2.45, 2.75) is 58.3 Å². The molecule has 1 rings (SSSR count). The third kappa shape index (κ3) is 2.46. The maximum absolute atomic E-state index is 9.60. The highest BCUT2D eigenvalue weighted by molar-refractivity contribution is 4.81. The van der Waals surface area contributed by atoms with Crippen molar-refractivity contribution in [1.29, 1.82) is 0 Å². The topological polar surface area (TPSA) is 29.5 Å². The lowest BCUT2D eigenvalue weighted by atomic mass is 9.83. The van der Waals surface area contributed by atoms with Crippen molar-refractivity contribution in [3.8, 4) is 0 Å².